The van der Waals surface area contributed by atoms with E-state index in [-0.39, 0.29) is 11.0 Å². The number of para-hydroxylation sites is 1. The molecule has 0 saturated heterocycles. The fourth-order valence-corrected chi connectivity index (χ4v) is 2.10. The van der Waals surface area contributed by atoms with Gasteiger partial charge in [0.1, 0.15) is 0 Å². The van der Waals surface area contributed by atoms with Crippen LogP contribution in [-0.4, -0.2) is 11.0 Å². The van der Waals surface area contributed by atoms with Gasteiger partial charge < -0.3 is 5.32 Å². The summed E-state index contributed by atoms with van der Waals surface area (Å²) in [6.45, 7) is 1.87. The van der Waals surface area contributed by atoms with Crippen LogP contribution < -0.4 is 10.6 Å². The second kappa shape index (κ2) is 6.50. The number of benzene rings is 2. The molecule has 0 radical (unpaired) electrons. The molecule has 2 N–H and O–H groups in total. The number of carbonyl (C=O) groups is 1. The van der Waals surface area contributed by atoms with E-state index in [1.165, 1.54) is 0 Å². The second-order valence-electron chi connectivity index (χ2n) is 4.20. The Morgan fingerprint density at radius 3 is 2.45 bits per heavy atom. The number of thiocarbonyl (C=S) groups is 1. The maximum Gasteiger partial charge on any atom is 0.257 e. The molecule has 2 aromatic rings. The van der Waals surface area contributed by atoms with Crippen molar-refractivity contribution in [3.8, 4) is 0 Å². The molecule has 0 aromatic heterocycles. The van der Waals surface area contributed by atoms with Crippen molar-refractivity contribution >= 4 is 40.5 Å². The number of hydrogen-bond acceptors (Lipinski definition) is 2. The SMILES string of the molecule is Cc1ccccc1C(=O)NC(=S)Nc1ccccc1Cl. The molecule has 20 heavy (non-hydrogen) atoms. The van der Waals surface area contributed by atoms with Crippen LogP contribution in [0.1, 0.15) is 15.9 Å². The fraction of sp³-hybridized carbons (Fsp3) is 0.0667. The minimum atomic E-state index is -0.243. The first-order valence-electron chi connectivity index (χ1n) is 6.00. The summed E-state index contributed by atoms with van der Waals surface area (Å²) < 4.78 is 0. The molecule has 0 unspecified atom stereocenters. The van der Waals surface area contributed by atoms with E-state index in [4.69, 9.17) is 23.8 Å². The molecular weight excluding hydrogens is 292 g/mol. The summed E-state index contributed by atoms with van der Waals surface area (Å²) in [6, 6.07) is 14.5. The quantitative estimate of drug-likeness (QED) is 0.830. The number of hydrogen-bond donors (Lipinski definition) is 2. The van der Waals surface area contributed by atoms with Gasteiger partial charge in [0, 0.05) is 5.56 Å². The van der Waals surface area contributed by atoms with Crippen LogP contribution in [0, 0.1) is 6.92 Å². The van der Waals surface area contributed by atoms with Gasteiger partial charge in [0.2, 0.25) is 0 Å². The number of aryl methyl sites for hydroxylation is 1. The van der Waals surface area contributed by atoms with Crippen molar-refractivity contribution in [3.05, 3.63) is 64.7 Å². The molecule has 5 heteroatoms. The van der Waals surface area contributed by atoms with Crippen molar-refractivity contribution in [2.45, 2.75) is 6.92 Å². The summed E-state index contributed by atoms with van der Waals surface area (Å²) in [4.78, 5) is 12.1. The summed E-state index contributed by atoms with van der Waals surface area (Å²) in [5, 5.41) is 6.29. The van der Waals surface area contributed by atoms with E-state index in [0.717, 1.165) is 5.56 Å². The van der Waals surface area contributed by atoms with E-state index in [9.17, 15) is 4.79 Å². The molecule has 0 aliphatic rings. The molecule has 2 aromatic carbocycles. The Kier molecular flexibility index (Phi) is 4.71. The monoisotopic (exact) mass is 304 g/mol. The van der Waals surface area contributed by atoms with Gasteiger partial charge in [0.25, 0.3) is 5.91 Å². The molecule has 0 atom stereocenters. The van der Waals surface area contributed by atoms with Gasteiger partial charge in [0.05, 0.1) is 10.7 Å². The van der Waals surface area contributed by atoms with Gasteiger partial charge in [-0.05, 0) is 42.9 Å². The summed E-state index contributed by atoms with van der Waals surface area (Å²) in [7, 11) is 0. The smallest absolute Gasteiger partial charge is 0.257 e. The number of halogens is 1. The zero-order chi connectivity index (χ0) is 14.5. The predicted molar refractivity (Wildman–Crippen MR) is 86.3 cm³/mol. The molecule has 0 saturated carbocycles. The largest absolute Gasteiger partial charge is 0.331 e. The van der Waals surface area contributed by atoms with Crippen LogP contribution >= 0.6 is 23.8 Å². The predicted octanol–water partition coefficient (Wildman–Crippen LogP) is 3.78. The maximum absolute atomic E-state index is 12.1. The summed E-state index contributed by atoms with van der Waals surface area (Å²) >= 11 is 11.1. The number of amides is 1. The number of carbonyl (C=O) groups excluding carboxylic acids is 1. The molecule has 0 aliphatic heterocycles. The van der Waals surface area contributed by atoms with E-state index in [0.29, 0.717) is 16.3 Å². The highest BCUT2D eigenvalue weighted by Gasteiger charge is 2.10. The summed E-state index contributed by atoms with van der Waals surface area (Å²) in [5.41, 5.74) is 2.14. The highest BCUT2D eigenvalue weighted by Crippen LogP contribution is 2.20. The van der Waals surface area contributed by atoms with Crippen LogP contribution in [0.3, 0.4) is 0 Å². The van der Waals surface area contributed by atoms with Crippen molar-refractivity contribution in [2.24, 2.45) is 0 Å². The van der Waals surface area contributed by atoms with Crippen LogP contribution in [-0.2, 0) is 0 Å². The van der Waals surface area contributed by atoms with Gasteiger partial charge in [-0.15, -0.1) is 0 Å². The first-order chi connectivity index (χ1) is 9.58. The van der Waals surface area contributed by atoms with Gasteiger partial charge >= 0.3 is 0 Å². The van der Waals surface area contributed by atoms with Gasteiger partial charge in [-0.3, -0.25) is 10.1 Å². The van der Waals surface area contributed by atoms with Gasteiger partial charge in [-0.2, -0.15) is 0 Å². The van der Waals surface area contributed by atoms with E-state index in [2.05, 4.69) is 10.6 Å². The van der Waals surface area contributed by atoms with Crippen molar-refractivity contribution in [1.82, 2.24) is 5.32 Å². The van der Waals surface area contributed by atoms with Crippen molar-refractivity contribution in [3.63, 3.8) is 0 Å². The fourth-order valence-electron chi connectivity index (χ4n) is 1.71. The van der Waals surface area contributed by atoms with Gasteiger partial charge in [0.15, 0.2) is 5.11 Å². The van der Waals surface area contributed by atoms with Crippen LogP contribution in [0.4, 0.5) is 5.69 Å². The molecular formula is C15H13ClN2OS. The zero-order valence-corrected chi connectivity index (χ0v) is 12.4. The zero-order valence-electron chi connectivity index (χ0n) is 10.8. The van der Waals surface area contributed by atoms with E-state index >= 15 is 0 Å². The standard InChI is InChI=1S/C15H13ClN2OS/c1-10-6-2-3-7-11(10)14(19)18-15(20)17-13-9-5-4-8-12(13)16/h2-9H,1H3,(H2,17,18,19,20). The Bertz CT molecular complexity index is 658. The first-order valence-corrected chi connectivity index (χ1v) is 6.79. The molecule has 0 heterocycles. The first kappa shape index (κ1) is 14.5. The number of nitrogens with one attached hydrogen (secondary N) is 2. The molecule has 2 rings (SSSR count). The van der Waals surface area contributed by atoms with Crippen LogP contribution in [0.15, 0.2) is 48.5 Å². The minimum absolute atomic E-state index is 0.214. The molecule has 0 fully saturated rings. The van der Waals surface area contributed by atoms with Crippen LogP contribution in [0.25, 0.3) is 0 Å². The highest BCUT2D eigenvalue weighted by atomic mass is 35.5. The minimum Gasteiger partial charge on any atom is -0.331 e. The average molecular weight is 305 g/mol. The number of rotatable bonds is 2. The lowest BCUT2D eigenvalue weighted by molar-refractivity contribution is 0.0977. The van der Waals surface area contributed by atoms with Gasteiger partial charge in [-0.1, -0.05) is 41.9 Å². The molecule has 0 aliphatic carbocycles. The highest BCUT2D eigenvalue weighted by molar-refractivity contribution is 7.80. The molecule has 0 bridgehead atoms. The van der Waals surface area contributed by atoms with Crippen molar-refractivity contribution < 1.29 is 4.79 Å². The third-order valence-electron chi connectivity index (χ3n) is 2.74. The van der Waals surface area contributed by atoms with E-state index < -0.39 is 0 Å². The van der Waals surface area contributed by atoms with Gasteiger partial charge in [-0.25, -0.2) is 0 Å². The lowest BCUT2D eigenvalue weighted by Gasteiger charge is -2.11. The third kappa shape index (κ3) is 3.56. The van der Waals surface area contributed by atoms with Crippen molar-refractivity contribution in [2.75, 3.05) is 5.32 Å². The van der Waals surface area contributed by atoms with Crippen molar-refractivity contribution in [1.29, 1.82) is 0 Å². The molecule has 1 amide bonds. The number of anilines is 1. The Labute approximate surface area is 128 Å². The van der Waals surface area contributed by atoms with Crippen LogP contribution in [0.5, 0.6) is 0 Å². The lowest BCUT2D eigenvalue weighted by atomic mass is 10.1. The second-order valence-corrected chi connectivity index (χ2v) is 5.02. The lowest BCUT2D eigenvalue weighted by Crippen LogP contribution is -2.34. The molecule has 102 valence electrons. The topological polar surface area (TPSA) is 41.1 Å². The Balaban J connectivity index is 2.04. The Morgan fingerprint density at radius 2 is 1.75 bits per heavy atom. The normalized spacial score (nSPS) is 9.90. The summed E-state index contributed by atoms with van der Waals surface area (Å²) in [5.74, 6) is -0.243. The third-order valence-corrected chi connectivity index (χ3v) is 3.27. The van der Waals surface area contributed by atoms with Crippen LogP contribution in [0.2, 0.25) is 5.02 Å². The molecule has 3 nitrogen and oxygen atoms in total. The maximum atomic E-state index is 12.1. The Morgan fingerprint density at radius 1 is 1.10 bits per heavy atom. The average Bonchev–Trinajstić information content (AvgIpc) is 2.41. The van der Waals surface area contributed by atoms with E-state index in [1.54, 1.807) is 18.2 Å². The summed E-state index contributed by atoms with van der Waals surface area (Å²) in [6.07, 6.45) is 0. The molecule has 0 spiro atoms. The van der Waals surface area contributed by atoms with E-state index in [1.807, 2.05) is 37.3 Å². The Hall–Kier alpha value is -1.91.